The molecule has 0 saturated carbocycles. The number of ether oxygens (including phenoxy) is 1. The van der Waals surface area contributed by atoms with Crippen molar-refractivity contribution in [2.75, 3.05) is 0 Å². The van der Waals surface area contributed by atoms with Gasteiger partial charge in [-0.15, -0.1) is 0 Å². The van der Waals surface area contributed by atoms with E-state index < -0.39 is 11.7 Å². The second-order valence-electron chi connectivity index (χ2n) is 5.45. The Morgan fingerprint density at radius 3 is 2.04 bits per heavy atom. The van der Waals surface area contributed by atoms with Gasteiger partial charge >= 0.3 is 0 Å². The fraction of sp³-hybridized carbons (Fsp3) is 0.300. The minimum absolute atomic E-state index is 0.123. The van der Waals surface area contributed by atoms with Crippen molar-refractivity contribution in [3.8, 4) is 5.75 Å². The van der Waals surface area contributed by atoms with Crippen LogP contribution in [0.3, 0.4) is 0 Å². The van der Waals surface area contributed by atoms with Gasteiger partial charge in [0, 0.05) is 12.0 Å². The van der Waals surface area contributed by atoms with E-state index in [0.29, 0.717) is 18.8 Å². The third kappa shape index (κ3) is 4.92. The van der Waals surface area contributed by atoms with Gasteiger partial charge in [-0.05, 0) is 48.2 Å². The van der Waals surface area contributed by atoms with Crippen molar-refractivity contribution in [1.29, 1.82) is 0 Å². The zero-order chi connectivity index (χ0) is 16.7. The normalized spacial score (nSPS) is 12.0. The number of aryl methyl sites for hydroxylation is 1. The smallest absolute Gasteiger partial charge is 0.161 e. The maximum absolute atomic E-state index is 13.8. The first-order valence-corrected chi connectivity index (χ1v) is 7.99. The van der Waals surface area contributed by atoms with Gasteiger partial charge in [-0.3, -0.25) is 0 Å². The Balaban J connectivity index is 1.98. The summed E-state index contributed by atoms with van der Waals surface area (Å²) in [6.07, 6.45) is 1.71. The second-order valence-corrected chi connectivity index (χ2v) is 5.45. The number of allylic oxidation sites excluding steroid dienone is 1. The minimum Gasteiger partial charge on any atom is -0.489 e. The summed E-state index contributed by atoms with van der Waals surface area (Å²) in [5.41, 5.74) is 2.61. The molecule has 0 aromatic heterocycles. The highest BCUT2D eigenvalue weighted by Gasteiger charge is 2.08. The summed E-state index contributed by atoms with van der Waals surface area (Å²) in [5.74, 6) is -0.845. The Hall–Kier alpha value is -2.16. The molecule has 0 fully saturated rings. The molecule has 0 aliphatic heterocycles. The zero-order valence-corrected chi connectivity index (χ0v) is 13.6. The molecular weight excluding hydrogens is 294 g/mol. The van der Waals surface area contributed by atoms with Gasteiger partial charge in [0.2, 0.25) is 0 Å². The van der Waals surface area contributed by atoms with Gasteiger partial charge < -0.3 is 4.74 Å². The maximum Gasteiger partial charge on any atom is 0.161 e. The van der Waals surface area contributed by atoms with Crippen LogP contribution in [0.2, 0.25) is 0 Å². The van der Waals surface area contributed by atoms with E-state index in [1.165, 1.54) is 5.56 Å². The fourth-order valence-corrected chi connectivity index (χ4v) is 2.22. The van der Waals surface area contributed by atoms with Gasteiger partial charge in [0.1, 0.15) is 18.2 Å². The number of benzene rings is 2. The molecular formula is C20H22F2O. The Kier molecular flexibility index (Phi) is 6.33. The average molecular weight is 316 g/mol. The molecule has 122 valence electrons. The van der Waals surface area contributed by atoms with Crippen molar-refractivity contribution >= 4 is 5.83 Å². The van der Waals surface area contributed by atoms with Crippen molar-refractivity contribution in [1.82, 2.24) is 0 Å². The average Bonchev–Trinajstić information content (AvgIpc) is 2.60. The molecule has 0 aliphatic carbocycles. The van der Waals surface area contributed by atoms with Crippen LogP contribution >= 0.6 is 0 Å². The topological polar surface area (TPSA) is 9.23 Å². The minimum atomic E-state index is -0.784. The first kappa shape index (κ1) is 17.2. The van der Waals surface area contributed by atoms with Crippen LogP contribution in [0, 0.1) is 0 Å². The zero-order valence-electron chi connectivity index (χ0n) is 13.6. The van der Waals surface area contributed by atoms with Crippen LogP contribution in [0.4, 0.5) is 8.78 Å². The van der Waals surface area contributed by atoms with Crippen LogP contribution in [0.25, 0.3) is 5.83 Å². The van der Waals surface area contributed by atoms with Crippen molar-refractivity contribution in [2.24, 2.45) is 0 Å². The molecule has 2 aromatic carbocycles. The molecule has 0 radical (unpaired) electrons. The van der Waals surface area contributed by atoms with Gasteiger partial charge in [0.15, 0.2) is 5.83 Å². The summed E-state index contributed by atoms with van der Waals surface area (Å²) in [5, 5.41) is 0. The molecule has 0 unspecified atom stereocenters. The van der Waals surface area contributed by atoms with Gasteiger partial charge in [0.05, 0.1) is 0 Å². The summed E-state index contributed by atoms with van der Waals surface area (Å²) < 4.78 is 33.0. The summed E-state index contributed by atoms with van der Waals surface area (Å²) in [7, 11) is 0. The number of halogens is 2. The Morgan fingerprint density at radius 1 is 0.870 bits per heavy atom. The van der Waals surface area contributed by atoms with Crippen LogP contribution in [-0.4, -0.2) is 0 Å². The Bertz CT molecular complexity index is 642. The molecule has 0 saturated heterocycles. The molecule has 0 N–H and O–H groups in total. The van der Waals surface area contributed by atoms with Crippen molar-refractivity contribution in [3.05, 3.63) is 71.0 Å². The van der Waals surface area contributed by atoms with E-state index in [4.69, 9.17) is 4.74 Å². The summed E-state index contributed by atoms with van der Waals surface area (Å²) in [6.45, 7) is 4.38. The third-order valence-electron chi connectivity index (χ3n) is 3.65. The lowest BCUT2D eigenvalue weighted by molar-refractivity contribution is 0.306. The van der Waals surface area contributed by atoms with Crippen molar-refractivity contribution < 1.29 is 13.5 Å². The SMILES string of the molecule is CCC/C(F)=C(/F)c1ccc(OCc2ccc(CC)cc2)cc1. The number of rotatable bonds is 7. The molecule has 1 nitrogen and oxygen atoms in total. The summed E-state index contributed by atoms with van der Waals surface area (Å²) in [6, 6.07) is 14.6. The predicted octanol–water partition coefficient (Wildman–Crippen LogP) is 6.24. The lowest BCUT2D eigenvalue weighted by atomic mass is 10.1. The van der Waals surface area contributed by atoms with Crippen molar-refractivity contribution in [2.45, 2.75) is 39.7 Å². The molecule has 0 spiro atoms. The fourth-order valence-electron chi connectivity index (χ4n) is 2.22. The van der Waals surface area contributed by atoms with Gasteiger partial charge in [-0.1, -0.05) is 38.1 Å². The van der Waals surface area contributed by atoms with E-state index >= 15 is 0 Å². The predicted molar refractivity (Wildman–Crippen MR) is 90.6 cm³/mol. The third-order valence-corrected chi connectivity index (χ3v) is 3.65. The largest absolute Gasteiger partial charge is 0.489 e. The lowest BCUT2D eigenvalue weighted by Crippen LogP contribution is -1.96. The maximum atomic E-state index is 13.8. The van der Waals surface area contributed by atoms with Crippen LogP contribution in [0.1, 0.15) is 43.4 Å². The molecule has 0 aliphatic rings. The molecule has 3 heteroatoms. The van der Waals surface area contributed by atoms with Crippen LogP contribution in [-0.2, 0) is 13.0 Å². The molecule has 0 bridgehead atoms. The first-order valence-electron chi connectivity index (χ1n) is 7.99. The molecule has 23 heavy (non-hydrogen) atoms. The summed E-state index contributed by atoms with van der Waals surface area (Å²) >= 11 is 0. The lowest BCUT2D eigenvalue weighted by Gasteiger charge is -2.08. The van der Waals surface area contributed by atoms with E-state index in [2.05, 4.69) is 19.1 Å². The van der Waals surface area contributed by atoms with Gasteiger partial charge in [0.25, 0.3) is 0 Å². The van der Waals surface area contributed by atoms with E-state index in [0.717, 1.165) is 12.0 Å². The van der Waals surface area contributed by atoms with E-state index in [1.54, 1.807) is 24.3 Å². The van der Waals surface area contributed by atoms with Gasteiger partial charge in [-0.2, -0.15) is 0 Å². The molecule has 0 amide bonds. The highest BCUT2D eigenvalue weighted by atomic mass is 19.2. The standard InChI is InChI=1S/C20H22F2O/c1-3-5-19(21)20(22)17-10-12-18(13-11-17)23-14-16-8-6-15(4-2)7-9-16/h6-13H,3-5,14H2,1-2H3/b20-19-. The molecule has 0 heterocycles. The quantitative estimate of drug-likeness (QED) is 0.588. The van der Waals surface area contributed by atoms with Crippen LogP contribution in [0.5, 0.6) is 5.75 Å². The van der Waals surface area contributed by atoms with Crippen LogP contribution < -0.4 is 4.74 Å². The van der Waals surface area contributed by atoms with E-state index in [1.807, 2.05) is 19.1 Å². The highest BCUT2D eigenvalue weighted by Crippen LogP contribution is 2.26. The first-order chi connectivity index (χ1) is 11.1. The van der Waals surface area contributed by atoms with Crippen molar-refractivity contribution in [3.63, 3.8) is 0 Å². The Labute approximate surface area is 136 Å². The Morgan fingerprint density at radius 2 is 1.48 bits per heavy atom. The number of hydrogen-bond donors (Lipinski definition) is 0. The summed E-state index contributed by atoms with van der Waals surface area (Å²) in [4.78, 5) is 0. The van der Waals surface area contributed by atoms with Gasteiger partial charge in [-0.25, -0.2) is 8.78 Å². The van der Waals surface area contributed by atoms with E-state index in [-0.39, 0.29) is 12.0 Å². The molecule has 0 atom stereocenters. The highest BCUT2D eigenvalue weighted by molar-refractivity contribution is 5.61. The van der Waals surface area contributed by atoms with Crippen LogP contribution in [0.15, 0.2) is 54.4 Å². The number of hydrogen-bond acceptors (Lipinski definition) is 1. The molecule has 2 aromatic rings. The van der Waals surface area contributed by atoms with E-state index in [9.17, 15) is 8.78 Å². The molecule has 2 rings (SSSR count). The monoisotopic (exact) mass is 316 g/mol. The second kappa shape index (κ2) is 8.47.